The molecule has 1 aromatic heterocycles. The molecule has 10 nitrogen and oxygen atoms in total. The molecule has 2 aliphatic rings. The van der Waals surface area contributed by atoms with E-state index in [4.69, 9.17) is 9.15 Å². The molecule has 11 heteroatoms. The highest BCUT2D eigenvalue weighted by Crippen LogP contribution is 2.25. The van der Waals surface area contributed by atoms with Crippen LogP contribution < -0.4 is 5.32 Å². The molecule has 0 saturated carbocycles. The highest BCUT2D eigenvalue weighted by atomic mass is 19.1. The second-order valence-electron chi connectivity index (χ2n) is 10.1. The van der Waals surface area contributed by atoms with Crippen molar-refractivity contribution in [3.05, 3.63) is 53.8 Å². The number of aliphatic hydroxyl groups excluding tert-OH is 1. The number of hydrogen-bond donors (Lipinski definition) is 2. The highest BCUT2D eigenvalue weighted by molar-refractivity contribution is 5.95. The number of Topliss-reactive ketones (excluding diaryl/α,β-unsaturated/α-hetero) is 1. The van der Waals surface area contributed by atoms with Gasteiger partial charge in [-0.1, -0.05) is 43.7 Å². The van der Waals surface area contributed by atoms with Crippen LogP contribution in [0.3, 0.4) is 0 Å². The number of aromatic nitrogens is 1. The van der Waals surface area contributed by atoms with Crippen LogP contribution in [0.25, 0.3) is 0 Å². The number of ether oxygens (including phenoxy) is 1. The summed E-state index contributed by atoms with van der Waals surface area (Å²) in [5.41, 5.74) is 0.648. The van der Waals surface area contributed by atoms with Crippen LogP contribution in [0.4, 0.5) is 4.39 Å². The minimum Gasteiger partial charge on any atom is -0.460 e. The number of oxazole rings is 1. The molecule has 3 rings (SSSR count). The van der Waals surface area contributed by atoms with Crippen LogP contribution in [-0.2, 0) is 25.5 Å². The van der Waals surface area contributed by atoms with E-state index < -0.39 is 48.6 Å². The van der Waals surface area contributed by atoms with Gasteiger partial charge in [-0.3, -0.25) is 18.8 Å². The molecular weight excluding hydrogens is 509 g/mol. The maximum atomic E-state index is 13.6. The molecule has 0 radical (unpaired) electrons. The number of amides is 2. The van der Waals surface area contributed by atoms with Gasteiger partial charge in [-0.25, -0.2) is 9.78 Å². The number of hydrogen-bond acceptors (Lipinski definition) is 8. The minimum atomic E-state index is -1.03. The molecule has 1 saturated heterocycles. The number of esters is 1. The van der Waals surface area contributed by atoms with Crippen molar-refractivity contribution < 1.29 is 37.8 Å². The molecule has 2 aliphatic heterocycles. The van der Waals surface area contributed by atoms with Gasteiger partial charge in [-0.15, -0.1) is 0 Å². The molecule has 1 aromatic rings. The van der Waals surface area contributed by atoms with Gasteiger partial charge in [0.2, 0.25) is 11.8 Å². The molecule has 1 fully saturated rings. The maximum Gasteiger partial charge on any atom is 0.329 e. The van der Waals surface area contributed by atoms with Gasteiger partial charge >= 0.3 is 5.97 Å². The van der Waals surface area contributed by atoms with Gasteiger partial charge in [0, 0.05) is 31.3 Å². The zero-order chi connectivity index (χ0) is 28.5. The van der Waals surface area contributed by atoms with Gasteiger partial charge in [0.15, 0.2) is 5.69 Å². The van der Waals surface area contributed by atoms with Gasteiger partial charge in [-0.05, 0) is 25.8 Å². The van der Waals surface area contributed by atoms with Gasteiger partial charge in [0.05, 0.1) is 19.2 Å². The van der Waals surface area contributed by atoms with E-state index in [0.717, 1.165) is 6.26 Å². The fourth-order valence-corrected chi connectivity index (χ4v) is 4.64. The summed E-state index contributed by atoms with van der Waals surface area (Å²) in [6.45, 7) is 4.87. The SMILES string of the molecule is CC1=C\[C@@H](O)CC(=O)Cc2nc(co2)C(=O)N2CCC[C@@H]2C(=O)O[C@H]([C@H](C)CF)[C@H](C)/C=C/C(=O)NC\C=C\1. The quantitative estimate of drug-likeness (QED) is 0.541. The van der Waals surface area contributed by atoms with Crippen molar-refractivity contribution in [3.63, 3.8) is 0 Å². The van der Waals surface area contributed by atoms with Crippen LogP contribution in [0.2, 0.25) is 0 Å². The van der Waals surface area contributed by atoms with Crippen LogP contribution in [0.15, 0.2) is 46.6 Å². The molecule has 0 aliphatic carbocycles. The first-order valence-electron chi connectivity index (χ1n) is 13.1. The molecule has 5 atom stereocenters. The number of halogens is 1. The fraction of sp³-hybridized carbons (Fsp3) is 0.536. The number of fused-ring (bicyclic) bond motifs is 3. The monoisotopic (exact) mass is 545 g/mol. The number of allylic oxidation sites excluding steroid dienone is 2. The van der Waals surface area contributed by atoms with Crippen LogP contribution in [0.5, 0.6) is 0 Å². The van der Waals surface area contributed by atoms with Crippen LogP contribution >= 0.6 is 0 Å². The summed E-state index contributed by atoms with van der Waals surface area (Å²) in [5, 5.41) is 12.9. The second kappa shape index (κ2) is 14.0. The number of nitrogens with zero attached hydrogens (tertiary/aromatic N) is 2. The number of alkyl halides is 1. The Kier molecular flexibility index (Phi) is 10.7. The Morgan fingerprint density at radius 2 is 2.03 bits per heavy atom. The third-order valence-electron chi connectivity index (χ3n) is 6.70. The highest BCUT2D eigenvalue weighted by Gasteiger charge is 2.39. The predicted octanol–water partition coefficient (Wildman–Crippen LogP) is 2.48. The maximum absolute atomic E-state index is 13.6. The number of nitrogens with one attached hydrogen (secondary N) is 1. The molecule has 3 heterocycles. The lowest BCUT2D eigenvalue weighted by molar-refractivity contribution is -0.158. The summed E-state index contributed by atoms with van der Waals surface area (Å²) in [4.78, 5) is 56.5. The molecule has 0 aromatic carbocycles. The van der Waals surface area contributed by atoms with Crippen molar-refractivity contribution in [1.29, 1.82) is 0 Å². The number of carbonyl (C=O) groups excluding carboxylic acids is 4. The number of rotatable bonds is 2. The van der Waals surface area contributed by atoms with E-state index in [0.29, 0.717) is 25.0 Å². The summed E-state index contributed by atoms with van der Waals surface area (Å²) in [6, 6.07) is -0.883. The lowest BCUT2D eigenvalue weighted by Crippen LogP contribution is -2.44. The van der Waals surface area contributed by atoms with Crippen molar-refractivity contribution in [2.45, 2.75) is 64.7 Å². The summed E-state index contributed by atoms with van der Waals surface area (Å²) >= 11 is 0. The number of carbonyl (C=O) groups is 4. The Labute approximate surface area is 227 Å². The van der Waals surface area contributed by atoms with Crippen LogP contribution in [0.1, 0.15) is 56.4 Å². The molecule has 2 amide bonds. The second-order valence-corrected chi connectivity index (χ2v) is 10.1. The predicted molar refractivity (Wildman–Crippen MR) is 139 cm³/mol. The van der Waals surface area contributed by atoms with Gasteiger partial charge < -0.3 is 24.5 Å². The normalized spacial score (nSPS) is 30.0. The van der Waals surface area contributed by atoms with Crippen molar-refractivity contribution in [2.75, 3.05) is 19.8 Å². The first-order chi connectivity index (χ1) is 18.6. The van der Waals surface area contributed by atoms with Crippen molar-refractivity contribution in [1.82, 2.24) is 15.2 Å². The molecular formula is C28H36FN3O7. The van der Waals surface area contributed by atoms with E-state index in [1.165, 1.54) is 17.1 Å². The average molecular weight is 546 g/mol. The summed E-state index contributed by atoms with van der Waals surface area (Å²) in [6.07, 6.45) is 7.60. The third kappa shape index (κ3) is 8.44. The lowest BCUT2D eigenvalue weighted by atomic mass is 9.93. The molecule has 0 spiro atoms. The van der Waals surface area contributed by atoms with Gasteiger partial charge in [0.1, 0.15) is 24.2 Å². The van der Waals surface area contributed by atoms with E-state index in [2.05, 4.69) is 10.3 Å². The third-order valence-corrected chi connectivity index (χ3v) is 6.70. The van der Waals surface area contributed by atoms with Gasteiger partial charge in [-0.2, -0.15) is 0 Å². The standard InChI is InChI=1S/C28H36FN3O7/c1-17-6-4-10-30-24(35)9-8-18(2)26(19(3)15-29)39-28(37)23-7-5-11-32(23)27(36)22-16-38-25(31-22)14-21(34)13-20(33)12-17/h4,6,8-9,12,16,18-20,23,26,33H,5,7,10-11,13-15H2,1-3H3,(H,30,35)/b6-4+,9-8+,17-12+/t18-,19-,20-,23-,26+/m1/s1. The number of ketones is 1. The number of aliphatic hydroxyl groups is 1. The zero-order valence-electron chi connectivity index (χ0n) is 22.5. The minimum absolute atomic E-state index is 0.0288. The Bertz CT molecular complexity index is 1140. The largest absolute Gasteiger partial charge is 0.460 e. The molecule has 2 N–H and O–H groups in total. The topological polar surface area (TPSA) is 139 Å². The van der Waals surface area contributed by atoms with Crippen LogP contribution in [0, 0.1) is 11.8 Å². The van der Waals surface area contributed by atoms with Crippen molar-refractivity contribution in [3.8, 4) is 0 Å². The Hall–Kier alpha value is -3.60. The van der Waals surface area contributed by atoms with E-state index in [9.17, 15) is 28.7 Å². The van der Waals surface area contributed by atoms with Crippen molar-refractivity contribution >= 4 is 23.6 Å². The zero-order valence-corrected chi connectivity index (χ0v) is 22.5. The smallest absolute Gasteiger partial charge is 0.329 e. The Balaban J connectivity index is 1.87. The van der Waals surface area contributed by atoms with Crippen LogP contribution in [-0.4, -0.2) is 76.6 Å². The lowest BCUT2D eigenvalue weighted by Gasteiger charge is -2.29. The molecule has 39 heavy (non-hydrogen) atoms. The summed E-state index contributed by atoms with van der Waals surface area (Å²) in [5.74, 6) is -3.00. The van der Waals surface area contributed by atoms with E-state index in [1.807, 2.05) is 0 Å². The average Bonchev–Trinajstić information content (AvgIpc) is 3.57. The van der Waals surface area contributed by atoms with E-state index >= 15 is 0 Å². The molecule has 0 unspecified atom stereocenters. The Morgan fingerprint density at radius 3 is 2.77 bits per heavy atom. The van der Waals surface area contributed by atoms with E-state index in [1.54, 1.807) is 39.0 Å². The summed E-state index contributed by atoms with van der Waals surface area (Å²) < 4.78 is 24.7. The summed E-state index contributed by atoms with van der Waals surface area (Å²) in [7, 11) is 0. The van der Waals surface area contributed by atoms with Gasteiger partial charge in [0.25, 0.3) is 5.91 Å². The number of cyclic esters (lactones) is 1. The molecule has 212 valence electrons. The molecule has 2 bridgehead atoms. The Morgan fingerprint density at radius 1 is 1.26 bits per heavy atom. The van der Waals surface area contributed by atoms with Crippen molar-refractivity contribution in [2.24, 2.45) is 11.8 Å². The van der Waals surface area contributed by atoms with E-state index in [-0.39, 0.29) is 42.7 Å². The fourth-order valence-electron chi connectivity index (χ4n) is 4.64. The first kappa shape index (κ1) is 29.9. The first-order valence-corrected chi connectivity index (χ1v) is 13.1.